The van der Waals surface area contributed by atoms with E-state index in [1.54, 1.807) is 0 Å². The van der Waals surface area contributed by atoms with E-state index in [0.29, 0.717) is 17.0 Å². The molecule has 0 bridgehead atoms. The van der Waals surface area contributed by atoms with E-state index < -0.39 is 0 Å². The first kappa shape index (κ1) is 12.4. The number of hydrogen-bond acceptors (Lipinski definition) is 2. The minimum atomic E-state index is 0.308. The SMILES string of the molecule is CC(C)(C)C1CC2CC(N)CC(C)(C)N2C1. The minimum absolute atomic E-state index is 0.308. The van der Waals surface area contributed by atoms with Gasteiger partial charge in [-0.1, -0.05) is 20.8 Å². The zero-order chi connectivity index (χ0) is 12.1. The Morgan fingerprint density at radius 3 is 2.38 bits per heavy atom. The van der Waals surface area contributed by atoms with Crippen LogP contribution in [0.1, 0.15) is 53.9 Å². The zero-order valence-electron chi connectivity index (χ0n) is 11.6. The second-order valence-electron chi connectivity index (χ2n) is 7.62. The van der Waals surface area contributed by atoms with Crippen molar-refractivity contribution in [3.8, 4) is 0 Å². The normalized spacial score (nSPS) is 39.8. The summed E-state index contributed by atoms with van der Waals surface area (Å²) in [6, 6.07) is 1.15. The Morgan fingerprint density at radius 1 is 1.19 bits per heavy atom. The van der Waals surface area contributed by atoms with Crippen LogP contribution in [-0.4, -0.2) is 29.1 Å². The fourth-order valence-electron chi connectivity index (χ4n) is 3.70. The fraction of sp³-hybridized carbons (Fsp3) is 1.00. The van der Waals surface area contributed by atoms with E-state index in [2.05, 4.69) is 39.5 Å². The Morgan fingerprint density at radius 2 is 1.81 bits per heavy atom. The summed E-state index contributed by atoms with van der Waals surface area (Å²) in [5.41, 5.74) is 6.94. The van der Waals surface area contributed by atoms with Gasteiger partial charge >= 0.3 is 0 Å². The molecule has 2 rings (SSSR count). The molecule has 3 atom stereocenters. The summed E-state index contributed by atoms with van der Waals surface area (Å²) in [6.45, 7) is 13.1. The molecule has 16 heavy (non-hydrogen) atoms. The van der Waals surface area contributed by atoms with Crippen molar-refractivity contribution in [3.05, 3.63) is 0 Å². The summed E-state index contributed by atoms with van der Waals surface area (Å²) in [6.07, 6.45) is 3.71. The van der Waals surface area contributed by atoms with Gasteiger partial charge in [0, 0.05) is 24.2 Å². The summed E-state index contributed by atoms with van der Waals surface area (Å²) in [4.78, 5) is 2.73. The van der Waals surface area contributed by atoms with Gasteiger partial charge in [-0.2, -0.15) is 0 Å². The third-order valence-electron chi connectivity index (χ3n) is 4.75. The van der Waals surface area contributed by atoms with Crippen LogP contribution in [-0.2, 0) is 0 Å². The molecule has 2 fully saturated rings. The topological polar surface area (TPSA) is 29.3 Å². The Labute approximate surface area is 101 Å². The number of fused-ring (bicyclic) bond motifs is 1. The maximum absolute atomic E-state index is 6.19. The van der Waals surface area contributed by atoms with E-state index in [4.69, 9.17) is 5.73 Å². The van der Waals surface area contributed by atoms with Crippen molar-refractivity contribution < 1.29 is 0 Å². The van der Waals surface area contributed by atoms with E-state index >= 15 is 0 Å². The molecule has 0 amide bonds. The molecule has 2 heteroatoms. The van der Waals surface area contributed by atoms with Gasteiger partial charge in [-0.3, -0.25) is 4.90 Å². The van der Waals surface area contributed by atoms with Crippen molar-refractivity contribution in [3.63, 3.8) is 0 Å². The third-order valence-corrected chi connectivity index (χ3v) is 4.75. The summed E-state index contributed by atoms with van der Waals surface area (Å²) in [7, 11) is 0. The van der Waals surface area contributed by atoms with Crippen LogP contribution < -0.4 is 5.73 Å². The lowest BCUT2D eigenvalue weighted by atomic mass is 9.79. The standard InChI is InChI=1S/C14H28N2/c1-13(2,3)10-6-12-7-11(15)8-14(4,5)16(12)9-10/h10-12H,6-9,15H2,1-5H3. The van der Waals surface area contributed by atoms with E-state index in [9.17, 15) is 0 Å². The average molecular weight is 224 g/mol. The van der Waals surface area contributed by atoms with Crippen LogP contribution in [0.3, 0.4) is 0 Å². The van der Waals surface area contributed by atoms with Gasteiger partial charge in [0.1, 0.15) is 0 Å². The van der Waals surface area contributed by atoms with Crippen molar-refractivity contribution >= 4 is 0 Å². The number of rotatable bonds is 0. The Bertz CT molecular complexity index is 264. The fourth-order valence-corrected chi connectivity index (χ4v) is 3.70. The van der Waals surface area contributed by atoms with Gasteiger partial charge in [0.25, 0.3) is 0 Å². The van der Waals surface area contributed by atoms with Crippen molar-refractivity contribution in [2.45, 2.75) is 71.5 Å². The molecule has 2 aliphatic rings. The Kier molecular flexibility index (Phi) is 2.87. The summed E-state index contributed by atoms with van der Waals surface area (Å²) in [5, 5.41) is 0. The molecule has 0 aromatic heterocycles. The molecule has 0 aliphatic carbocycles. The number of piperidine rings is 1. The number of nitrogens with zero attached hydrogens (tertiary/aromatic N) is 1. The van der Waals surface area contributed by atoms with E-state index in [1.807, 2.05) is 0 Å². The summed E-state index contributed by atoms with van der Waals surface area (Å²) >= 11 is 0. The van der Waals surface area contributed by atoms with Gasteiger partial charge in [0.15, 0.2) is 0 Å². The molecular formula is C14H28N2. The highest BCUT2D eigenvalue weighted by Crippen LogP contribution is 2.44. The maximum Gasteiger partial charge on any atom is 0.0171 e. The number of hydrogen-bond donors (Lipinski definition) is 1. The molecule has 0 saturated carbocycles. The van der Waals surface area contributed by atoms with Crippen LogP contribution in [0.4, 0.5) is 0 Å². The molecule has 3 unspecified atom stereocenters. The predicted octanol–water partition coefficient (Wildman–Crippen LogP) is 2.62. The van der Waals surface area contributed by atoms with Crippen LogP contribution in [0.5, 0.6) is 0 Å². The summed E-state index contributed by atoms with van der Waals surface area (Å²) < 4.78 is 0. The number of nitrogens with two attached hydrogens (primary N) is 1. The van der Waals surface area contributed by atoms with Gasteiger partial charge in [0.05, 0.1) is 0 Å². The molecule has 0 aromatic rings. The van der Waals surface area contributed by atoms with Gasteiger partial charge in [-0.25, -0.2) is 0 Å². The van der Waals surface area contributed by atoms with Gasteiger partial charge in [-0.15, -0.1) is 0 Å². The Hall–Kier alpha value is -0.0800. The highest BCUT2D eigenvalue weighted by atomic mass is 15.3. The monoisotopic (exact) mass is 224 g/mol. The molecule has 2 heterocycles. The third kappa shape index (κ3) is 2.14. The molecule has 2 saturated heterocycles. The van der Waals surface area contributed by atoms with Crippen molar-refractivity contribution in [2.75, 3.05) is 6.54 Å². The van der Waals surface area contributed by atoms with Crippen LogP contribution >= 0.6 is 0 Å². The van der Waals surface area contributed by atoms with Crippen molar-refractivity contribution in [1.29, 1.82) is 0 Å². The van der Waals surface area contributed by atoms with E-state index in [-0.39, 0.29) is 0 Å². The molecule has 0 spiro atoms. The molecule has 0 aromatic carbocycles. The highest BCUT2D eigenvalue weighted by molar-refractivity contribution is 5.03. The van der Waals surface area contributed by atoms with Crippen LogP contribution in [0.15, 0.2) is 0 Å². The first-order valence-electron chi connectivity index (χ1n) is 6.72. The van der Waals surface area contributed by atoms with Gasteiger partial charge < -0.3 is 5.73 Å². The molecule has 0 radical (unpaired) electrons. The second-order valence-corrected chi connectivity index (χ2v) is 7.62. The Balaban J connectivity index is 2.14. The first-order chi connectivity index (χ1) is 7.20. The first-order valence-corrected chi connectivity index (χ1v) is 6.72. The smallest absolute Gasteiger partial charge is 0.0171 e. The van der Waals surface area contributed by atoms with E-state index in [0.717, 1.165) is 18.4 Å². The van der Waals surface area contributed by atoms with Crippen molar-refractivity contribution in [2.24, 2.45) is 17.1 Å². The van der Waals surface area contributed by atoms with Crippen LogP contribution in [0, 0.1) is 11.3 Å². The van der Waals surface area contributed by atoms with Gasteiger partial charge in [0.2, 0.25) is 0 Å². The molecule has 2 N–H and O–H groups in total. The molecule has 2 nitrogen and oxygen atoms in total. The predicted molar refractivity (Wildman–Crippen MR) is 69.3 cm³/mol. The molecular weight excluding hydrogens is 196 g/mol. The summed E-state index contributed by atoms with van der Waals surface area (Å²) in [5.74, 6) is 0.835. The van der Waals surface area contributed by atoms with Crippen molar-refractivity contribution in [1.82, 2.24) is 4.90 Å². The quantitative estimate of drug-likeness (QED) is 0.685. The van der Waals surface area contributed by atoms with Crippen LogP contribution in [0.2, 0.25) is 0 Å². The average Bonchev–Trinajstić information content (AvgIpc) is 2.45. The molecule has 2 aliphatic heterocycles. The van der Waals surface area contributed by atoms with Crippen LogP contribution in [0.25, 0.3) is 0 Å². The zero-order valence-corrected chi connectivity index (χ0v) is 11.6. The lowest BCUT2D eigenvalue weighted by molar-refractivity contribution is 0.0423. The lowest BCUT2D eigenvalue weighted by Crippen LogP contribution is -2.55. The second kappa shape index (κ2) is 3.71. The largest absolute Gasteiger partial charge is 0.328 e. The minimum Gasteiger partial charge on any atom is -0.328 e. The lowest BCUT2D eigenvalue weighted by Gasteiger charge is -2.46. The van der Waals surface area contributed by atoms with E-state index in [1.165, 1.54) is 19.4 Å². The molecule has 94 valence electrons. The maximum atomic E-state index is 6.19. The highest BCUT2D eigenvalue weighted by Gasteiger charge is 2.47. The van der Waals surface area contributed by atoms with Gasteiger partial charge in [-0.05, 0) is 44.4 Å².